The van der Waals surface area contributed by atoms with Gasteiger partial charge in [-0.1, -0.05) is 6.07 Å². The molecule has 0 aliphatic rings. The molecule has 0 saturated carbocycles. The number of nitrogens with zero attached hydrogens (tertiary/aromatic N) is 2. The first-order chi connectivity index (χ1) is 16.1. The van der Waals surface area contributed by atoms with Gasteiger partial charge < -0.3 is 29.0 Å². The number of methoxy groups -OCH3 is 3. The molecule has 0 atom stereocenters. The number of aliphatic hydroxyl groups excluding tert-OH is 1. The van der Waals surface area contributed by atoms with E-state index in [4.69, 9.17) is 18.9 Å². The van der Waals surface area contributed by atoms with Crippen LogP contribution in [0.4, 0.5) is 0 Å². The summed E-state index contributed by atoms with van der Waals surface area (Å²) in [5.74, 6) is 1.73. The van der Waals surface area contributed by atoms with Crippen molar-refractivity contribution in [1.82, 2.24) is 9.88 Å². The lowest BCUT2D eigenvalue weighted by atomic mass is 10.1. The lowest BCUT2D eigenvalue weighted by Gasteiger charge is -2.23. The molecule has 0 unspecified atom stereocenters. The molecule has 1 heterocycles. The van der Waals surface area contributed by atoms with E-state index in [9.17, 15) is 9.90 Å². The van der Waals surface area contributed by atoms with Gasteiger partial charge in [-0.05, 0) is 42.0 Å². The molecule has 33 heavy (non-hydrogen) atoms. The highest BCUT2D eigenvalue weighted by Gasteiger charge is 2.18. The quantitative estimate of drug-likeness (QED) is 0.431. The Bertz CT molecular complexity index is 1040. The van der Waals surface area contributed by atoms with E-state index in [1.807, 2.05) is 18.2 Å². The summed E-state index contributed by atoms with van der Waals surface area (Å²) in [4.78, 5) is 19.2. The van der Waals surface area contributed by atoms with Crippen molar-refractivity contribution in [2.45, 2.75) is 19.8 Å². The fourth-order valence-corrected chi connectivity index (χ4v) is 3.85. The number of thiazole rings is 1. The minimum Gasteiger partial charge on any atom is -0.497 e. The Labute approximate surface area is 197 Å². The number of carbonyl (C=O) groups is 1. The van der Waals surface area contributed by atoms with E-state index >= 15 is 0 Å². The average Bonchev–Trinajstić information content (AvgIpc) is 3.33. The molecule has 0 radical (unpaired) electrons. The highest BCUT2D eigenvalue weighted by atomic mass is 32.1. The van der Waals surface area contributed by atoms with Crippen molar-refractivity contribution < 1.29 is 28.8 Å². The van der Waals surface area contributed by atoms with E-state index in [0.717, 1.165) is 10.6 Å². The van der Waals surface area contributed by atoms with Gasteiger partial charge in [0.05, 0.1) is 33.1 Å². The summed E-state index contributed by atoms with van der Waals surface area (Å²) < 4.78 is 21.8. The third-order valence-electron chi connectivity index (χ3n) is 4.90. The zero-order chi connectivity index (χ0) is 23.6. The fourth-order valence-electron chi connectivity index (χ4n) is 3.15. The third kappa shape index (κ3) is 6.67. The van der Waals surface area contributed by atoms with Gasteiger partial charge >= 0.3 is 0 Å². The van der Waals surface area contributed by atoms with Gasteiger partial charge in [0.1, 0.15) is 17.4 Å². The number of benzene rings is 2. The number of amides is 1. The van der Waals surface area contributed by atoms with Crippen LogP contribution in [0.3, 0.4) is 0 Å². The first-order valence-electron chi connectivity index (χ1n) is 10.3. The summed E-state index contributed by atoms with van der Waals surface area (Å²) in [7, 11) is 4.77. The summed E-state index contributed by atoms with van der Waals surface area (Å²) in [6.45, 7) is 1.38. The van der Waals surface area contributed by atoms with Crippen LogP contribution < -0.4 is 14.2 Å². The van der Waals surface area contributed by atoms with Crippen LogP contribution in [0.15, 0.2) is 47.8 Å². The largest absolute Gasteiger partial charge is 0.497 e. The molecule has 8 nitrogen and oxygen atoms in total. The van der Waals surface area contributed by atoms with Crippen LogP contribution >= 0.6 is 11.3 Å². The fraction of sp³-hybridized carbons (Fsp3) is 0.333. The van der Waals surface area contributed by atoms with Gasteiger partial charge in [0.15, 0.2) is 11.5 Å². The van der Waals surface area contributed by atoms with Gasteiger partial charge in [0, 0.05) is 31.1 Å². The number of rotatable bonds is 12. The van der Waals surface area contributed by atoms with Crippen LogP contribution in [0.25, 0.3) is 0 Å². The minimum absolute atomic E-state index is 0.102. The summed E-state index contributed by atoms with van der Waals surface area (Å²) in [5, 5.41) is 11.7. The van der Waals surface area contributed by atoms with Crippen molar-refractivity contribution >= 4 is 17.2 Å². The Morgan fingerprint density at radius 3 is 2.48 bits per heavy atom. The zero-order valence-corrected chi connectivity index (χ0v) is 19.8. The maximum atomic E-state index is 13.2. The Kier molecular flexibility index (Phi) is 9.05. The molecule has 3 aromatic rings. The van der Waals surface area contributed by atoms with Gasteiger partial charge in [0.25, 0.3) is 5.91 Å². The van der Waals surface area contributed by atoms with Crippen LogP contribution in [0.2, 0.25) is 0 Å². The minimum atomic E-state index is -0.104. The molecular weight excluding hydrogens is 444 g/mol. The van der Waals surface area contributed by atoms with E-state index in [1.54, 1.807) is 55.9 Å². The first kappa shape index (κ1) is 24.5. The summed E-state index contributed by atoms with van der Waals surface area (Å²) >= 11 is 1.42. The van der Waals surface area contributed by atoms with E-state index in [-0.39, 0.29) is 19.1 Å². The molecule has 0 saturated heterocycles. The Balaban J connectivity index is 1.76. The Hall–Kier alpha value is -3.14. The molecule has 1 amide bonds. The molecule has 1 N–H and O–H groups in total. The van der Waals surface area contributed by atoms with Crippen LogP contribution in [0.5, 0.6) is 17.2 Å². The van der Waals surface area contributed by atoms with Crippen molar-refractivity contribution in [3.8, 4) is 17.2 Å². The topological polar surface area (TPSA) is 90.4 Å². The summed E-state index contributed by atoms with van der Waals surface area (Å²) in [6, 6.07) is 12.6. The second-order valence-corrected chi connectivity index (χ2v) is 8.06. The van der Waals surface area contributed by atoms with Gasteiger partial charge in [-0.3, -0.25) is 4.79 Å². The van der Waals surface area contributed by atoms with Crippen molar-refractivity contribution in [1.29, 1.82) is 0 Å². The molecule has 0 fully saturated rings. The summed E-state index contributed by atoms with van der Waals surface area (Å²) in [5.41, 5.74) is 2.07. The predicted octanol–water partition coefficient (Wildman–Crippen LogP) is 3.52. The van der Waals surface area contributed by atoms with Crippen molar-refractivity contribution in [3.63, 3.8) is 0 Å². The van der Waals surface area contributed by atoms with E-state index in [1.165, 1.54) is 11.3 Å². The number of hydrogen-bond donors (Lipinski definition) is 1. The van der Waals surface area contributed by atoms with E-state index < -0.39 is 0 Å². The molecule has 0 bridgehead atoms. The molecule has 0 aliphatic carbocycles. The zero-order valence-electron chi connectivity index (χ0n) is 18.9. The van der Waals surface area contributed by atoms with Gasteiger partial charge in [-0.2, -0.15) is 0 Å². The SMILES string of the molecule is COCCN(Cc1ccc(OC)c(OCc2nc(CO)cs2)c1)C(=O)c1ccc(OC)cc1. The number of aliphatic hydroxyl groups is 1. The molecular formula is C24H28N2O6S. The number of hydrogen-bond acceptors (Lipinski definition) is 8. The second kappa shape index (κ2) is 12.2. The monoisotopic (exact) mass is 472 g/mol. The Morgan fingerprint density at radius 2 is 1.85 bits per heavy atom. The Morgan fingerprint density at radius 1 is 1.06 bits per heavy atom. The van der Waals surface area contributed by atoms with Gasteiger partial charge in [0.2, 0.25) is 0 Å². The number of ether oxygens (including phenoxy) is 4. The third-order valence-corrected chi connectivity index (χ3v) is 5.77. The molecule has 1 aromatic heterocycles. The van der Waals surface area contributed by atoms with Crippen LogP contribution in [0, 0.1) is 0 Å². The molecule has 9 heteroatoms. The second-order valence-electron chi connectivity index (χ2n) is 7.11. The molecule has 3 rings (SSSR count). The van der Waals surface area contributed by atoms with Crippen molar-refractivity contribution in [3.05, 3.63) is 69.7 Å². The smallest absolute Gasteiger partial charge is 0.254 e. The maximum Gasteiger partial charge on any atom is 0.254 e. The summed E-state index contributed by atoms with van der Waals surface area (Å²) in [6.07, 6.45) is 0. The van der Waals surface area contributed by atoms with E-state index in [2.05, 4.69) is 4.98 Å². The standard InChI is InChI=1S/C24H28N2O6S/c1-29-11-10-26(24(28)18-5-7-20(30-2)8-6-18)13-17-4-9-21(31-3)22(12-17)32-15-23-25-19(14-27)16-33-23/h4-9,12,16,27H,10-11,13-15H2,1-3H3. The predicted molar refractivity (Wildman–Crippen MR) is 125 cm³/mol. The van der Waals surface area contributed by atoms with Crippen molar-refractivity contribution in [2.75, 3.05) is 34.5 Å². The maximum absolute atomic E-state index is 13.2. The molecule has 2 aromatic carbocycles. The normalized spacial score (nSPS) is 10.7. The molecule has 176 valence electrons. The highest BCUT2D eigenvalue weighted by Crippen LogP contribution is 2.30. The van der Waals surface area contributed by atoms with Gasteiger partial charge in [-0.25, -0.2) is 4.98 Å². The van der Waals surface area contributed by atoms with Crippen molar-refractivity contribution in [2.24, 2.45) is 0 Å². The lowest BCUT2D eigenvalue weighted by Crippen LogP contribution is -2.33. The average molecular weight is 473 g/mol. The highest BCUT2D eigenvalue weighted by molar-refractivity contribution is 7.09. The molecule has 0 aliphatic heterocycles. The molecule has 0 spiro atoms. The van der Waals surface area contributed by atoms with Crippen LogP contribution in [0.1, 0.15) is 26.6 Å². The number of carbonyl (C=O) groups excluding carboxylic acids is 1. The lowest BCUT2D eigenvalue weighted by molar-refractivity contribution is 0.0680. The number of aromatic nitrogens is 1. The van der Waals surface area contributed by atoms with Crippen LogP contribution in [-0.4, -0.2) is 55.4 Å². The van der Waals surface area contributed by atoms with E-state index in [0.29, 0.717) is 48.2 Å². The van der Waals surface area contributed by atoms with Crippen LogP contribution in [-0.2, 0) is 24.5 Å². The van der Waals surface area contributed by atoms with Gasteiger partial charge in [-0.15, -0.1) is 11.3 Å². The first-order valence-corrected chi connectivity index (χ1v) is 11.2.